The third-order valence-corrected chi connectivity index (χ3v) is 5.45. The molecule has 1 amide bonds. The molecule has 1 heterocycles. The predicted molar refractivity (Wildman–Crippen MR) is 104 cm³/mol. The number of hydrogen-bond acceptors (Lipinski definition) is 1. The van der Waals surface area contributed by atoms with Crippen molar-refractivity contribution in [1.82, 2.24) is 5.32 Å². The van der Waals surface area contributed by atoms with E-state index in [-0.39, 0.29) is 11.9 Å². The highest BCUT2D eigenvalue weighted by Crippen LogP contribution is 2.02. The van der Waals surface area contributed by atoms with Crippen molar-refractivity contribution in [2.75, 3.05) is 26.2 Å². The van der Waals surface area contributed by atoms with Crippen LogP contribution in [0.3, 0.4) is 0 Å². The van der Waals surface area contributed by atoms with E-state index >= 15 is 0 Å². The smallest absolute Gasteiger partial charge is 0.278 e. The molecule has 3 rings (SSSR count). The zero-order valence-electron chi connectivity index (χ0n) is 15.9. The van der Waals surface area contributed by atoms with E-state index in [1.54, 1.807) is 4.90 Å². The largest absolute Gasteiger partial charge is 0.347 e. The summed E-state index contributed by atoms with van der Waals surface area (Å²) < 4.78 is 0. The first kappa shape index (κ1) is 18.6. The molecule has 0 aliphatic carbocycles. The number of nitrogens with one attached hydrogen (secondary N) is 3. The van der Waals surface area contributed by atoms with Gasteiger partial charge in [0.05, 0.1) is 0 Å². The van der Waals surface area contributed by atoms with Crippen molar-refractivity contribution in [2.24, 2.45) is 0 Å². The van der Waals surface area contributed by atoms with Crippen molar-refractivity contribution in [1.29, 1.82) is 0 Å². The lowest BCUT2D eigenvalue weighted by molar-refractivity contribution is -1.02. The minimum Gasteiger partial charge on any atom is -0.347 e. The Bertz CT molecular complexity index is 708. The van der Waals surface area contributed by atoms with Crippen molar-refractivity contribution in [3.63, 3.8) is 0 Å². The summed E-state index contributed by atoms with van der Waals surface area (Å²) in [5.74, 6) is 0.158. The molecule has 2 aromatic rings. The van der Waals surface area contributed by atoms with E-state index in [1.165, 1.54) is 16.0 Å². The number of aryl methyl sites for hydroxylation is 1. The number of piperazine rings is 1. The van der Waals surface area contributed by atoms with Crippen LogP contribution in [0.4, 0.5) is 0 Å². The Labute approximate surface area is 156 Å². The molecule has 138 valence electrons. The molecule has 4 nitrogen and oxygen atoms in total. The summed E-state index contributed by atoms with van der Waals surface area (Å²) in [5.41, 5.74) is 3.89. The second-order valence-electron chi connectivity index (χ2n) is 7.50. The fourth-order valence-corrected chi connectivity index (χ4v) is 3.77. The van der Waals surface area contributed by atoms with Gasteiger partial charge in [0, 0.05) is 12.1 Å². The van der Waals surface area contributed by atoms with Gasteiger partial charge in [-0.3, -0.25) is 4.79 Å². The highest BCUT2D eigenvalue weighted by molar-refractivity contribution is 5.79. The van der Waals surface area contributed by atoms with Crippen LogP contribution in [0.15, 0.2) is 54.6 Å². The first-order valence-corrected chi connectivity index (χ1v) is 9.67. The number of carbonyl (C=O) groups is 1. The molecule has 2 aromatic carbocycles. The van der Waals surface area contributed by atoms with E-state index in [0.29, 0.717) is 6.54 Å². The predicted octanol–water partition coefficient (Wildman–Crippen LogP) is -0.0167. The second kappa shape index (κ2) is 8.97. The second-order valence-corrected chi connectivity index (χ2v) is 7.50. The molecule has 1 saturated heterocycles. The zero-order chi connectivity index (χ0) is 18.4. The Balaban J connectivity index is 1.44. The van der Waals surface area contributed by atoms with Gasteiger partial charge in [-0.05, 0) is 19.4 Å². The molecule has 4 heteroatoms. The van der Waals surface area contributed by atoms with Crippen LogP contribution in [-0.2, 0) is 17.9 Å². The molecular weight excluding hydrogens is 322 g/mol. The number of quaternary nitrogens is 2. The first-order valence-electron chi connectivity index (χ1n) is 9.67. The van der Waals surface area contributed by atoms with Crippen LogP contribution in [-0.4, -0.2) is 38.1 Å². The molecule has 0 aromatic heterocycles. The van der Waals surface area contributed by atoms with Crippen LogP contribution in [0.2, 0.25) is 0 Å². The van der Waals surface area contributed by atoms with E-state index in [1.807, 2.05) is 30.3 Å². The van der Waals surface area contributed by atoms with E-state index in [0.717, 1.165) is 38.3 Å². The Hall–Kier alpha value is -2.17. The van der Waals surface area contributed by atoms with Gasteiger partial charge in [0.25, 0.3) is 5.91 Å². The summed E-state index contributed by atoms with van der Waals surface area (Å²) in [4.78, 5) is 15.5. The number of rotatable bonds is 6. The van der Waals surface area contributed by atoms with Crippen LogP contribution >= 0.6 is 0 Å². The van der Waals surface area contributed by atoms with Crippen molar-refractivity contribution >= 4 is 5.91 Å². The average molecular weight is 354 g/mol. The fourth-order valence-electron chi connectivity index (χ4n) is 3.77. The van der Waals surface area contributed by atoms with Crippen molar-refractivity contribution < 1.29 is 14.6 Å². The van der Waals surface area contributed by atoms with E-state index in [9.17, 15) is 4.79 Å². The Kier molecular flexibility index (Phi) is 6.42. The molecule has 0 bridgehead atoms. The van der Waals surface area contributed by atoms with Gasteiger partial charge >= 0.3 is 0 Å². The van der Waals surface area contributed by atoms with Crippen LogP contribution in [0.25, 0.3) is 0 Å². The fraction of sp³-hybridized carbons (Fsp3) is 0.409. The van der Waals surface area contributed by atoms with Gasteiger partial charge in [-0.1, -0.05) is 60.2 Å². The third kappa shape index (κ3) is 5.16. The van der Waals surface area contributed by atoms with Gasteiger partial charge in [0.15, 0.2) is 6.04 Å². The summed E-state index contributed by atoms with van der Waals surface area (Å²) in [6.07, 6.45) is 0. The van der Waals surface area contributed by atoms with Crippen molar-refractivity contribution in [3.05, 3.63) is 71.3 Å². The molecule has 1 fully saturated rings. The van der Waals surface area contributed by atoms with Gasteiger partial charge in [-0.25, -0.2) is 0 Å². The lowest BCUT2D eigenvalue weighted by atomic mass is 10.1. The van der Waals surface area contributed by atoms with Crippen LogP contribution in [0.5, 0.6) is 0 Å². The van der Waals surface area contributed by atoms with Crippen molar-refractivity contribution in [2.45, 2.75) is 33.0 Å². The molecule has 1 aliphatic rings. The van der Waals surface area contributed by atoms with Gasteiger partial charge < -0.3 is 15.1 Å². The van der Waals surface area contributed by atoms with E-state index in [2.05, 4.69) is 43.4 Å². The van der Waals surface area contributed by atoms with E-state index < -0.39 is 0 Å². The lowest BCUT2D eigenvalue weighted by Crippen LogP contribution is -3.29. The normalized spacial score (nSPS) is 21.2. The van der Waals surface area contributed by atoms with Crippen molar-refractivity contribution in [3.8, 4) is 0 Å². The number of benzene rings is 2. The number of carbonyl (C=O) groups excluding carboxylic acids is 1. The molecule has 1 aliphatic heterocycles. The maximum Gasteiger partial charge on any atom is 0.278 e. The molecule has 1 atom stereocenters. The SMILES string of the molecule is Cc1cccc(C[NH+]2CC[NH+]([C@@H](C)C(=O)NCc3ccccc3)CC2)c1. The zero-order valence-corrected chi connectivity index (χ0v) is 15.9. The van der Waals surface area contributed by atoms with Crippen LogP contribution < -0.4 is 15.1 Å². The molecule has 0 radical (unpaired) electrons. The highest BCUT2D eigenvalue weighted by Gasteiger charge is 2.30. The third-order valence-electron chi connectivity index (χ3n) is 5.45. The monoisotopic (exact) mass is 353 g/mol. The highest BCUT2D eigenvalue weighted by atomic mass is 16.2. The van der Waals surface area contributed by atoms with Gasteiger partial charge in [-0.15, -0.1) is 0 Å². The van der Waals surface area contributed by atoms with E-state index in [4.69, 9.17) is 0 Å². The molecule has 0 spiro atoms. The Morgan fingerprint density at radius 2 is 1.69 bits per heavy atom. The molecule has 0 unspecified atom stereocenters. The molecular formula is C22H31N3O+2. The van der Waals surface area contributed by atoms with Gasteiger partial charge in [0.2, 0.25) is 0 Å². The molecule has 26 heavy (non-hydrogen) atoms. The number of hydrogen-bond donors (Lipinski definition) is 3. The number of amides is 1. The summed E-state index contributed by atoms with van der Waals surface area (Å²) in [5, 5.41) is 3.09. The van der Waals surface area contributed by atoms with Gasteiger partial charge in [-0.2, -0.15) is 0 Å². The van der Waals surface area contributed by atoms with Crippen LogP contribution in [0, 0.1) is 6.92 Å². The summed E-state index contributed by atoms with van der Waals surface area (Å²) in [7, 11) is 0. The van der Waals surface area contributed by atoms with Gasteiger partial charge in [0.1, 0.15) is 32.7 Å². The standard InChI is InChI=1S/C22H29N3O/c1-18-7-6-10-21(15-18)17-24-11-13-25(14-12-24)19(2)22(26)23-16-20-8-4-3-5-9-20/h3-10,15,19H,11-14,16-17H2,1-2H3,(H,23,26)/p+2/t19-/m0/s1. The Morgan fingerprint density at radius 3 is 2.38 bits per heavy atom. The summed E-state index contributed by atoms with van der Waals surface area (Å²) >= 11 is 0. The minimum absolute atomic E-state index is 0.0132. The minimum atomic E-state index is 0.0132. The molecule has 0 saturated carbocycles. The van der Waals surface area contributed by atoms with Crippen LogP contribution in [0.1, 0.15) is 23.6 Å². The average Bonchev–Trinajstić information content (AvgIpc) is 2.67. The summed E-state index contributed by atoms with van der Waals surface area (Å²) in [6, 6.07) is 18.9. The first-order chi connectivity index (χ1) is 12.6. The lowest BCUT2D eigenvalue weighted by Gasteiger charge is -2.32. The Morgan fingerprint density at radius 1 is 1.00 bits per heavy atom. The maximum absolute atomic E-state index is 12.5. The quantitative estimate of drug-likeness (QED) is 0.671. The topological polar surface area (TPSA) is 38.0 Å². The molecule has 3 N–H and O–H groups in total. The summed E-state index contributed by atoms with van der Waals surface area (Å²) in [6.45, 7) is 10.3. The maximum atomic E-state index is 12.5.